The zero-order valence-electron chi connectivity index (χ0n) is 20.4. The first-order valence-corrected chi connectivity index (χ1v) is 13.8. The Labute approximate surface area is 209 Å². The number of carbonyl (C=O) groups excluding carboxylic acids is 1. The Morgan fingerprint density at radius 3 is 2.56 bits per heavy atom. The SMILES string of the molecule is CC(C)OC(=O)N1CC2COCC(C1)C2Oc1ncnc2c1CCN2c1ccc(S(C)(=O)=O)cc1F. The quantitative estimate of drug-likeness (QED) is 0.587. The summed E-state index contributed by atoms with van der Waals surface area (Å²) in [5.74, 6) is 0.253. The van der Waals surface area contributed by atoms with Crippen LogP contribution in [0.5, 0.6) is 5.88 Å². The summed E-state index contributed by atoms with van der Waals surface area (Å²) in [6, 6.07) is 3.88. The highest BCUT2D eigenvalue weighted by molar-refractivity contribution is 7.90. The highest BCUT2D eigenvalue weighted by Gasteiger charge is 2.44. The maximum absolute atomic E-state index is 14.9. The van der Waals surface area contributed by atoms with Crippen molar-refractivity contribution >= 4 is 27.4 Å². The minimum Gasteiger partial charge on any atom is -0.473 e. The summed E-state index contributed by atoms with van der Waals surface area (Å²) in [6.07, 6.45) is 2.26. The van der Waals surface area contributed by atoms with E-state index in [1.165, 1.54) is 18.5 Å². The molecular weight excluding hydrogens is 491 g/mol. The van der Waals surface area contributed by atoms with Gasteiger partial charge < -0.3 is 24.0 Å². The molecule has 0 saturated carbocycles. The molecule has 0 aliphatic carbocycles. The van der Waals surface area contributed by atoms with Crippen LogP contribution in [-0.4, -0.2) is 80.7 Å². The monoisotopic (exact) mass is 520 g/mol. The average Bonchev–Trinajstić information content (AvgIpc) is 3.22. The number of ether oxygens (including phenoxy) is 3. The molecule has 2 bridgehead atoms. The number of amides is 1. The van der Waals surface area contributed by atoms with Gasteiger partial charge in [-0.3, -0.25) is 0 Å². The zero-order valence-corrected chi connectivity index (χ0v) is 21.2. The van der Waals surface area contributed by atoms with Crippen molar-refractivity contribution in [3.05, 3.63) is 35.9 Å². The molecule has 5 rings (SSSR count). The molecular formula is C24H29FN4O6S. The van der Waals surface area contributed by atoms with Crippen LogP contribution in [0.2, 0.25) is 0 Å². The third-order valence-electron chi connectivity index (χ3n) is 6.71. The van der Waals surface area contributed by atoms with Crippen molar-refractivity contribution in [3.63, 3.8) is 0 Å². The van der Waals surface area contributed by atoms with Gasteiger partial charge in [-0.05, 0) is 38.5 Å². The topological polar surface area (TPSA) is 111 Å². The van der Waals surface area contributed by atoms with E-state index in [9.17, 15) is 17.6 Å². The molecule has 12 heteroatoms. The first kappa shape index (κ1) is 24.7. The molecule has 0 spiro atoms. The van der Waals surface area contributed by atoms with E-state index in [2.05, 4.69) is 9.97 Å². The van der Waals surface area contributed by atoms with E-state index in [4.69, 9.17) is 14.2 Å². The lowest BCUT2D eigenvalue weighted by Gasteiger charge is -2.46. The fourth-order valence-corrected chi connectivity index (χ4v) is 5.72. The van der Waals surface area contributed by atoms with Gasteiger partial charge in [0.25, 0.3) is 0 Å². The first-order valence-electron chi connectivity index (χ1n) is 11.9. The Morgan fingerprint density at radius 1 is 1.19 bits per heavy atom. The zero-order chi connectivity index (χ0) is 25.6. The Balaban J connectivity index is 1.36. The van der Waals surface area contributed by atoms with Crippen LogP contribution in [0.15, 0.2) is 29.4 Å². The number of hydrogen-bond acceptors (Lipinski definition) is 9. The van der Waals surface area contributed by atoms with E-state index in [-0.39, 0.29) is 40.7 Å². The molecule has 2 fully saturated rings. The average molecular weight is 521 g/mol. The number of carbonyl (C=O) groups is 1. The van der Waals surface area contributed by atoms with Crippen molar-refractivity contribution in [3.8, 4) is 5.88 Å². The molecule has 10 nitrogen and oxygen atoms in total. The normalized spacial score (nSPS) is 23.5. The van der Waals surface area contributed by atoms with Crippen LogP contribution >= 0.6 is 0 Å². The lowest BCUT2D eigenvalue weighted by Crippen LogP contribution is -2.58. The minimum absolute atomic E-state index is 0.0404. The van der Waals surface area contributed by atoms with Gasteiger partial charge in [0.15, 0.2) is 9.84 Å². The second-order valence-electron chi connectivity index (χ2n) is 9.75. The van der Waals surface area contributed by atoms with Gasteiger partial charge in [-0.2, -0.15) is 0 Å². The fraction of sp³-hybridized carbons (Fsp3) is 0.542. The smallest absolute Gasteiger partial charge is 0.410 e. The van der Waals surface area contributed by atoms with Gasteiger partial charge >= 0.3 is 6.09 Å². The van der Waals surface area contributed by atoms with Gasteiger partial charge in [0.1, 0.15) is 24.1 Å². The lowest BCUT2D eigenvalue weighted by atomic mass is 9.84. The highest BCUT2D eigenvalue weighted by Crippen LogP contribution is 2.40. The third-order valence-corrected chi connectivity index (χ3v) is 7.82. The molecule has 0 radical (unpaired) electrons. The van der Waals surface area contributed by atoms with Crippen LogP contribution in [0, 0.1) is 17.7 Å². The number of halogens is 1. The van der Waals surface area contributed by atoms with Gasteiger partial charge in [0, 0.05) is 37.7 Å². The number of benzene rings is 1. The molecule has 2 saturated heterocycles. The number of hydrogen-bond donors (Lipinski definition) is 0. The number of sulfone groups is 1. The second kappa shape index (κ2) is 9.47. The summed E-state index contributed by atoms with van der Waals surface area (Å²) < 4.78 is 56.0. The molecule has 1 aromatic carbocycles. The molecule has 194 valence electrons. The lowest BCUT2D eigenvalue weighted by molar-refractivity contribution is -0.111. The van der Waals surface area contributed by atoms with E-state index in [1.54, 1.807) is 9.80 Å². The van der Waals surface area contributed by atoms with E-state index in [0.29, 0.717) is 51.0 Å². The van der Waals surface area contributed by atoms with Crippen molar-refractivity contribution in [1.82, 2.24) is 14.9 Å². The predicted molar refractivity (Wildman–Crippen MR) is 128 cm³/mol. The Kier molecular flexibility index (Phi) is 6.50. The molecule has 3 aliphatic heterocycles. The summed E-state index contributed by atoms with van der Waals surface area (Å²) in [4.78, 5) is 24.6. The van der Waals surface area contributed by atoms with Crippen molar-refractivity contribution in [2.45, 2.75) is 37.4 Å². The standard InChI is InChI=1S/C24H29FN4O6S/c1-14(2)34-24(30)28-9-15-11-33-12-16(10-28)21(15)35-23-18-6-7-29(22(18)26-13-27-23)20-5-4-17(8-19(20)25)36(3,31)32/h4-5,8,13-16,21H,6-7,9-12H2,1-3H3. The highest BCUT2D eigenvalue weighted by atomic mass is 32.2. The van der Waals surface area contributed by atoms with Gasteiger partial charge in [-0.15, -0.1) is 0 Å². The molecule has 1 amide bonds. The van der Waals surface area contributed by atoms with E-state index in [0.717, 1.165) is 17.9 Å². The van der Waals surface area contributed by atoms with Crippen LogP contribution in [0.3, 0.4) is 0 Å². The van der Waals surface area contributed by atoms with E-state index in [1.807, 2.05) is 13.8 Å². The molecule has 4 heterocycles. The summed E-state index contributed by atoms with van der Waals surface area (Å²) in [7, 11) is -3.52. The third kappa shape index (κ3) is 4.71. The molecule has 3 aliphatic rings. The minimum atomic E-state index is -3.52. The molecule has 1 aromatic heterocycles. The second-order valence-corrected chi connectivity index (χ2v) is 11.8. The van der Waals surface area contributed by atoms with E-state index < -0.39 is 15.7 Å². The Bertz CT molecular complexity index is 1260. The van der Waals surface area contributed by atoms with Crippen LogP contribution in [0.4, 0.5) is 20.7 Å². The molecule has 2 aromatic rings. The molecule has 2 atom stereocenters. The van der Waals surface area contributed by atoms with Crippen LogP contribution in [0.1, 0.15) is 19.4 Å². The van der Waals surface area contributed by atoms with E-state index >= 15 is 0 Å². The van der Waals surface area contributed by atoms with Crippen molar-refractivity contribution in [1.29, 1.82) is 0 Å². The van der Waals surface area contributed by atoms with Crippen LogP contribution in [-0.2, 0) is 25.7 Å². The fourth-order valence-electron chi connectivity index (χ4n) is 5.09. The molecule has 2 unspecified atom stereocenters. The number of rotatable bonds is 5. The number of nitrogens with zero attached hydrogens (tertiary/aromatic N) is 4. The van der Waals surface area contributed by atoms with Gasteiger partial charge in [0.2, 0.25) is 5.88 Å². The van der Waals surface area contributed by atoms with Crippen molar-refractivity contribution in [2.75, 3.05) is 44.0 Å². The first-order chi connectivity index (χ1) is 17.1. The number of aromatic nitrogens is 2. The van der Waals surface area contributed by atoms with Gasteiger partial charge in [0.05, 0.1) is 35.5 Å². The van der Waals surface area contributed by atoms with Gasteiger partial charge in [-0.25, -0.2) is 27.6 Å². The van der Waals surface area contributed by atoms with Crippen molar-refractivity contribution in [2.24, 2.45) is 11.8 Å². The number of anilines is 2. The number of fused-ring (bicyclic) bond motifs is 3. The number of piperidine rings is 1. The maximum atomic E-state index is 14.9. The largest absolute Gasteiger partial charge is 0.473 e. The van der Waals surface area contributed by atoms with Gasteiger partial charge in [-0.1, -0.05) is 0 Å². The molecule has 0 N–H and O–H groups in total. The Hall–Kier alpha value is -2.99. The van der Waals surface area contributed by atoms with Crippen LogP contribution < -0.4 is 9.64 Å². The van der Waals surface area contributed by atoms with Crippen LogP contribution in [0.25, 0.3) is 0 Å². The summed E-state index contributed by atoms with van der Waals surface area (Å²) in [6.45, 7) is 5.95. The van der Waals surface area contributed by atoms with Crippen molar-refractivity contribution < 1.29 is 31.8 Å². The summed E-state index contributed by atoms with van der Waals surface area (Å²) >= 11 is 0. The Morgan fingerprint density at radius 2 is 1.92 bits per heavy atom. The maximum Gasteiger partial charge on any atom is 0.410 e. The molecule has 36 heavy (non-hydrogen) atoms. The number of likely N-dealkylation sites (tertiary alicyclic amines) is 1. The predicted octanol–water partition coefficient (Wildman–Crippen LogP) is 2.58. The summed E-state index contributed by atoms with van der Waals surface area (Å²) in [5.41, 5.74) is 1.01. The summed E-state index contributed by atoms with van der Waals surface area (Å²) in [5, 5.41) is 0.